The largest absolute Gasteiger partial charge is 0.396 e. The molecule has 0 aliphatic heterocycles. The summed E-state index contributed by atoms with van der Waals surface area (Å²) in [6.07, 6.45) is 6.59. The number of anilines is 2. The van der Waals surface area contributed by atoms with E-state index in [9.17, 15) is 5.11 Å². The van der Waals surface area contributed by atoms with Crippen LogP contribution in [0.15, 0.2) is 48.8 Å². The average Bonchev–Trinajstić information content (AvgIpc) is 3.44. The van der Waals surface area contributed by atoms with Crippen molar-refractivity contribution in [2.24, 2.45) is 5.92 Å². The predicted octanol–water partition coefficient (Wildman–Crippen LogP) is 4.64. The Morgan fingerprint density at radius 3 is 2.78 bits per heavy atom. The van der Waals surface area contributed by atoms with Crippen molar-refractivity contribution in [1.82, 2.24) is 19.9 Å². The number of fused-ring (bicyclic) bond motifs is 1. The molecule has 1 saturated carbocycles. The van der Waals surface area contributed by atoms with Crippen LogP contribution in [0.3, 0.4) is 0 Å². The molecule has 0 bridgehead atoms. The van der Waals surface area contributed by atoms with E-state index in [1.807, 2.05) is 43.5 Å². The average molecular weight is 447 g/mol. The molecule has 1 aromatic carbocycles. The lowest BCUT2D eigenvalue weighted by Gasteiger charge is -2.18. The van der Waals surface area contributed by atoms with E-state index in [4.69, 9.17) is 15.0 Å². The lowest BCUT2D eigenvalue weighted by atomic mass is 10.1. The fraction of sp³-hybridized carbons (Fsp3) is 0.333. The molecule has 32 heavy (non-hydrogen) atoms. The van der Waals surface area contributed by atoms with E-state index >= 15 is 0 Å². The van der Waals surface area contributed by atoms with Crippen molar-refractivity contribution in [1.29, 1.82) is 0 Å². The van der Waals surface area contributed by atoms with Gasteiger partial charge in [-0.2, -0.15) is 4.98 Å². The zero-order valence-corrected chi connectivity index (χ0v) is 18.8. The minimum absolute atomic E-state index is 0.240. The van der Waals surface area contributed by atoms with Gasteiger partial charge in [0.15, 0.2) is 0 Å². The van der Waals surface area contributed by atoms with Crippen molar-refractivity contribution in [3.63, 3.8) is 0 Å². The number of benzene rings is 1. The van der Waals surface area contributed by atoms with Crippen molar-refractivity contribution in [2.75, 3.05) is 17.2 Å². The van der Waals surface area contributed by atoms with Crippen LogP contribution in [0, 0.1) is 12.8 Å². The monoisotopic (exact) mass is 446 g/mol. The molecule has 3 heterocycles. The second-order valence-electron chi connectivity index (χ2n) is 8.26. The van der Waals surface area contributed by atoms with Crippen molar-refractivity contribution < 1.29 is 5.11 Å². The van der Waals surface area contributed by atoms with Crippen LogP contribution in [0.4, 0.5) is 11.8 Å². The zero-order chi connectivity index (χ0) is 21.9. The maximum atomic E-state index is 9.55. The molecule has 1 aliphatic carbocycles. The molecule has 1 aliphatic rings. The second kappa shape index (κ2) is 9.18. The Morgan fingerprint density at radius 2 is 2.00 bits per heavy atom. The summed E-state index contributed by atoms with van der Waals surface area (Å²) in [7, 11) is 0. The van der Waals surface area contributed by atoms with Gasteiger partial charge in [0.05, 0.1) is 21.5 Å². The van der Waals surface area contributed by atoms with Gasteiger partial charge in [-0.1, -0.05) is 18.2 Å². The lowest BCUT2D eigenvalue weighted by molar-refractivity contribution is 0.229. The maximum absolute atomic E-state index is 9.55. The summed E-state index contributed by atoms with van der Waals surface area (Å²) in [5.41, 5.74) is 3.88. The fourth-order valence-electron chi connectivity index (χ4n) is 4.24. The molecule has 0 amide bonds. The van der Waals surface area contributed by atoms with Crippen LogP contribution in [0.5, 0.6) is 0 Å². The van der Waals surface area contributed by atoms with Gasteiger partial charge in [-0.25, -0.2) is 9.97 Å². The summed E-state index contributed by atoms with van der Waals surface area (Å²) < 4.78 is 1.15. The number of rotatable bonds is 7. The standard InChI is InChI=1S/C24H26N6OS/c1-15-21(23-29-19-6-2-3-7-20(19)32-23)22(28-18-9-8-16(11-18)14-31)30-24(27-15)26-13-17-5-4-10-25-12-17/h2-7,10,12,16,18,31H,8-9,11,13-14H2,1H3,(H2,26,27,28,30)/t16-,18+/m1/s1. The van der Waals surface area contributed by atoms with Crippen LogP contribution >= 0.6 is 11.3 Å². The van der Waals surface area contributed by atoms with Crippen LogP contribution in [0.1, 0.15) is 30.5 Å². The molecule has 3 aromatic heterocycles. The number of aryl methyl sites for hydroxylation is 1. The van der Waals surface area contributed by atoms with Crippen molar-refractivity contribution in [2.45, 2.75) is 38.8 Å². The molecule has 164 valence electrons. The summed E-state index contributed by atoms with van der Waals surface area (Å²) >= 11 is 1.66. The molecule has 8 heteroatoms. The molecule has 0 saturated heterocycles. The Bertz CT molecular complexity index is 1180. The number of nitrogens with one attached hydrogen (secondary N) is 2. The highest BCUT2D eigenvalue weighted by atomic mass is 32.1. The van der Waals surface area contributed by atoms with E-state index < -0.39 is 0 Å². The molecule has 2 atom stereocenters. The summed E-state index contributed by atoms with van der Waals surface area (Å²) in [4.78, 5) is 18.6. The van der Waals surface area contributed by atoms with E-state index in [0.717, 1.165) is 57.1 Å². The summed E-state index contributed by atoms with van der Waals surface area (Å²) in [5, 5.41) is 17.5. The molecule has 0 radical (unpaired) electrons. The zero-order valence-electron chi connectivity index (χ0n) is 18.0. The Morgan fingerprint density at radius 1 is 1.09 bits per heavy atom. The first-order valence-electron chi connectivity index (χ1n) is 10.9. The first kappa shape index (κ1) is 20.8. The second-order valence-corrected chi connectivity index (χ2v) is 9.29. The molecule has 0 spiro atoms. The molecule has 4 aromatic rings. The number of nitrogens with zero attached hydrogens (tertiary/aromatic N) is 4. The van der Waals surface area contributed by atoms with E-state index in [2.05, 4.69) is 21.7 Å². The topological polar surface area (TPSA) is 95.9 Å². The number of aliphatic hydroxyl groups excluding tert-OH is 1. The highest BCUT2D eigenvalue weighted by Crippen LogP contribution is 2.37. The maximum Gasteiger partial charge on any atom is 0.225 e. The molecular weight excluding hydrogens is 420 g/mol. The fourth-order valence-corrected chi connectivity index (χ4v) is 5.30. The first-order chi connectivity index (χ1) is 15.7. The summed E-state index contributed by atoms with van der Waals surface area (Å²) in [6, 6.07) is 12.4. The minimum atomic E-state index is 0.240. The Kier molecular flexibility index (Phi) is 5.96. The van der Waals surface area contributed by atoms with Crippen molar-refractivity contribution in [3.05, 3.63) is 60.0 Å². The molecule has 1 fully saturated rings. The van der Waals surface area contributed by atoms with E-state index in [1.165, 1.54) is 0 Å². The summed E-state index contributed by atoms with van der Waals surface area (Å²) in [6.45, 7) is 2.85. The van der Waals surface area contributed by atoms with E-state index in [1.54, 1.807) is 17.5 Å². The van der Waals surface area contributed by atoms with Gasteiger partial charge >= 0.3 is 0 Å². The van der Waals surface area contributed by atoms with Crippen LogP contribution in [0.2, 0.25) is 0 Å². The van der Waals surface area contributed by atoms with E-state index in [-0.39, 0.29) is 12.6 Å². The quantitative estimate of drug-likeness (QED) is 0.380. The van der Waals surface area contributed by atoms with Gasteiger partial charge in [-0.3, -0.25) is 4.98 Å². The molecular formula is C24H26N6OS. The molecule has 0 unspecified atom stereocenters. The number of para-hydroxylation sites is 1. The molecule has 3 N–H and O–H groups in total. The number of hydrogen-bond acceptors (Lipinski definition) is 8. The predicted molar refractivity (Wildman–Crippen MR) is 129 cm³/mol. The third kappa shape index (κ3) is 4.42. The Hall–Kier alpha value is -3.10. The molecule has 5 rings (SSSR count). The van der Waals surface area contributed by atoms with Gasteiger partial charge in [0, 0.05) is 31.6 Å². The number of hydrogen-bond donors (Lipinski definition) is 3. The van der Waals surface area contributed by atoms with Crippen molar-refractivity contribution in [3.8, 4) is 10.6 Å². The number of aliphatic hydroxyl groups is 1. The molecule has 7 nitrogen and oxygen atoms in total. The lowest BCUT2D eigenvalue weighted by Crippen LogP contribution is -2.19. The first-order valence-corrected chi connectivity index (χ1v) is 11.8. The number of pyridine rings is 1. The third-order valence-corrected chi connectivity index (χ3v) is 6.97. The highest BCUT2D eigenvalue weighted by molar-refractivity contribution is 7.21. The highest BCUT2D eigenvalue weighted by Gasteiger charge is 2.26. The van der Waals surface area contributed by atoms with Crippen LogP contribution in [0.25, 0.3) is 20.8 Å². The van der Waals surface area contributed by atoms with E-state index in [0.29, 0.717) is 18.4 Å². The minimum Gasteiger partial charge on any atom is -0.396 e. The van der Waals surface area contributed by atoms with Crippen LogP contribution in [-0.4, -0.2) is 37.7 Å². The Balaban J connectivity index is 1.49. The third-order valence-electron chi connectivity index (χ3n) is 5.91. The smallest absolute Gasteiger partial charge is 0.225 e. The van der Waals surface area contributed by atoms with Gasteiger partial charge in [-0.05, 0) is 55.9 Å². The van der Waals surface area contributed by atoms with Gasteiger partial charge in [0.1, 0.15) is 10.8 Å². The number of thiazole rings is 1. The summed E-state index contributed by atoms with van der Waals surface area (Å²) in [5.74, 6) is 1.73. The Labute approximate surface area is 191 Å². The van der Waals surface area contributed by atoms with Crippen molar-refractivity contribution >= 4 is 33.3 Å². The van der Waals surface area contributed by atoms with Crippen LogP contribution < -0.4 is 10.6 Å². The number of aromatic nitrogens is 4. The van der Waals surface area contributed by atoms with Gasteiger partial charge in [0.2, 0.25) is 5.95 Å². The SMILES string of the molecule is Cc1nc(NCc2cccnc2)nc(N[C@H]2CC[C@@H](CO)C2)c1-c1nc2ccccc2s1. The van der Waals surface area contributed by atoms with Gasteiger partial charge in [-0.15, -0.1) is 11.3 Å². The van der Waals surface area contributed by atoms with Gasteiger partial charge in [0.25, 0.3) is 0 Å². The van der Waals surface area contributed by atoms with Gasteiger partial charge < -0.3 is 15.7 Å². The normalized spacial score (nSPS) is 18.2. The van der Waals surface area contributed by atoms with Crippen LogP contribution in [-0.2, 0) is 6.54 Å².